The minimum Gasteiger partial charge on any atom is -0.487 e. The summed E-state index contributed by atoms with van der Waals surface area (Å²) in [5.74, 6) is 6.66. The van der Waals surface area contributed by atoms with E-state index in [1.165, 1.54) is 0 Å². The largest absolute Gasteiger partial charge is 0.487 e. The average molecular weight is 256 g/mol. The summed E-state index contributed by atoms with van der Waals surface area (Å²) in [4.78, 5) is 0. The Balaban J connectivity index is 2.03. The van der Waals surface area contributed by atoms with Gasteiger partial charge < -0.3 is 10.5 Å². The van der Waals surface area contributed by atoms with Gasteiger partial charge in [-0.1, -0.05) is 17.1 Å². The van der Waals surface area contributed by atoms with E-state index in [-0.39, 0.29) is 0 Å². The van der Waals surface area contributed by atoms with E-state index in [9.17, 15) is 0 Å². The maximum Gasteiger partial charge on any atom is 0.134 e. The minimum absolute atomic E-state index is 0.365. The molecule has 0 bridgehead atoms. The third-order valence-electron chi connectivity index (χ3n) is 2.56. The van der Waals surface area contributed by atoms with Crippen molar-refractivity contribution in [1.82, 2.24) is 15.0 Å². The molecule has 2 rings (SSSR count). The lowest BCUT2D eigenvalue weighted by Crippen LogP contribution is -1.97. The molecule has 1 aromatic heterocycles. The number of hydrogen-bond acceptors (Lipinski definition) is 4. The molecule has 1 heterocycles. The van der Waals surface area contributed by atoms with Crippen LogP contribution < -0.4 is 10.5 Å². The Bertz CT molecular complexity index is 622. The van der Waals surface area contributed by atoms with Crippen LogP contribution in [0.4, 0.5) is 0 Å². The number of benzene rings is 1. The second-order valence-electron chi connectivity index (χ2n) is 4.15. The lowest BCUT2D eigenvalue weighted by molar-refractivity contribution is 0.301. The number of hydrogen-bond donors (Lipinski definition) is 1. The van der Waals surface area contributed by atoms with Gasteiger partial charge in [0.05, 0.1) is 12.7 Å². The summed E-state index contributed by atoms with van der Waals surface area (Å²) in [5.41, 5.74) is 8.19. The predicted molar refractivity (Wildman–Crippen MR) is 72.4 cm³/mol. The van der Waals surface area contributed by atoms with E-state index in [1.54, 1.807) is 4.68 Å². The molecule has 5 nitrogen and oxygen atoms in total. The molecule has 0 atom stereocenters. The fourth-order valence-electron chi connectivity index (χ4n) is 1.63. The first-order valence-corrected chi connectivity index (χ1v) is 5.96. The lowest BCUT2D eigenvalue weighted by atomic mass is 10.1. The highest BCUT2D eigenvalue weighted by molar-refractivity contribution is 5.44. The average Bonchev–Trinajstić information content (AvgIpc) is 2.81. The maximum atomic E-state index is 5.66. The Morgan fingerprint density at radius 2 is 2.26 bits per heavy atom. The van der Waals surface area contributed by atoms with E-state index in [0.717, 1.165) is 22.6 Å². The Labute approximate surface area is 112 Å². The van der Waals surface area contributed by atoms with Crippen LogP contribution in [-0.2, 0) is 13.7 Å². The highest BCUT2D eigenvalue weighted by Crippen LogP contribution is 2.17. The molecule has 19 heavy (non-hydrogen) atoms. The van der Waals surface area contributed by atoms with Crippen molar-refractivity contribution in [2.45, 2.75) is 13.5 Å². The standard InChI is InChI=1S/C14H16N4O/c1-11-8-14(6-5-12(11)4-3-7-15)19-10-13-9-18(2)17-16-13/h5-6,8-9H,7,10,15H2,1-2H3. The maximum absolute atomic E-state index is 5.66. The van der Waals surface area contributed by atoms with Crippen LogP contribution >= 0.6 is 0 Å². The highest BCUT2D eigenvalue weighted by atomic mass is 16.5. The molecular weight excluding hydrogens is 240 g/mol. The molecule has 0 aliphatic rings. The van der Waals surface area contributed by atoms with Gasteiger partial charge in [0.2, 0.25) is 0 Å². The number of aryl methyl sites for hydroxylation is 2. The summed E-state index contributed by atoms with van der Waals surface area (Å²) in [7, 11) is 1.82. The summed E-state index contributed by atoms with van der Waals surface area (Å²) < 4.78 is 7.31. The van der Waals surface area contributed by atoms with Crippen molar-refractivity contribution in [3.8, 4) is 17.6 Å². The molecule has 2 N–H and O–H groups in total. The van der Waals surface area contributed by atoms with Crippen molar-refractivity contribution in [3.05, 3.63) is 41.2 Å². The van der Waals surface area contributed by atoms with Crippen molar-refractivity contribution >= 4 is 0 Å². The Kier molecular flexibility index (Phi) is 4.16. The van der Waals surface area contributed by atoms with E-state index in [0.29, 0.717) is 13.2 Å². The van der Waals surface area contributed by atoms with Crippen LogP contribution in [0.1, 0.15) is 16.8 Å². The predicted octanol–water partition coefficient (Wildman–Crippen LogP) is 1.01. The SMILES string of the molecule is Cc1cc(OCc2cn(C)nn2)ccc1C#CCN. The van der Waals surface area contributed by atoms with Crippen molar-refractivity contribution in [2.75, 3.05) is 6.54 Å². The Morgan fingerprint density at radius 1 is 1.42 bits per heavy atom. The van der Waals surface area contributed by atoms with Crippen molar-refractivity contribution in [1.29, 1.82) is 0 Å². The van der Waals surface area contributed by atoms with Gasteiger partial charge in [-0.15, -0.1) is 5.10 Å². The highest BCUT2D eigenvalue weighted by Gasteiger charge is 2.02. The van der Waals surface area contributed by atoms with Crippen LogP contribution in [0.2, 0.25) is 0 Å². The third-order valence-corrected chi connectivity index (χ3v) is 2.56. The van der Waals surface area contributed by atoms with Crippen molar-refractivity contribution in [3.63, 3.8) is 0 Å². The van der Waals surface area contributed by atoms with Crippen molar-refractivity contribution < 1.29 is 4.74 Å². The van der Waals surface area contributed by atoms with Crippen LogP contribution in [0, 0.1) is 18.8 Å². The Morgan fingerprint density at radius 3 is 2.89 bits per heavy atom. The molecule has 0 unspecified atom stereocenters. The van der Waals surface area contributed by atoms with E-state index in [4.69, 9.17) is 10.5 Å². The molecule has 2 aromatic rings. The summed E-state index contributed by atoms with van der Waals surface area (Å²) >= 11 is 0. The lowest BCUT2D eigenvalue weighted by Gasteiger charge is -2.06. The third kappa shape index (κ3) is 3.57. The molecule has 0 saturated carbocycles. The first-order valence-electron chi connectivity index (χ1n) is 5.96. The van der Waals surface area contributed by atoms with Gasteiger partial charge in [-0.3, -0.25) is 4.68 Å². The van der Waals surface area contributed by atoms with E-state index < -0.39 is 0 Å². The smallest absolute Gasteiger partial charge is 0.134 e. The van der Waals surface area contributed by atoms with Gasteiger partial charge in [-0.25, -0.2) is 0 Å². The molecule has 1 aromatic carbocycles. The zero-order valence-corrected chi connectivity index (χ0v) is 11.1. The monoisotopic (exact) mass is 256 g/mol. The fraction of sp³-hybridized carbons (Fsp3) is 0.286. The van der Waals surface area contributed by atoms with Crippen LogP contribution in [-0.4, -0.2) is 21.5 Å². The molecule has 0 aliphatic carbocycles. The molecule has 0 spiro atoms. The number of ether oxygens (including phenoxy) is 1. The van der Waals surface area contributed by atoms with Crippen molar-refractivity contribution in [2.24, 2.45) is 12.8 Å². The van der Waals surface area contributed by atoms with Crippen LogP contribution in [0.25, 0.3) is 0 Å². The van der Waals surface area contributed by atoms with Gasteiger partial charge in [-0.2, -0.15) is 0 Å². The normalized spacial score (nSPS) is 9.84. The van der Waals surface area contributed by atoms with Gasteiger partial charge in [-0.05, 0) is 30.7 Å². The summed E-state index contributed by atoms with van der Waals surface area (Å²) in [5, 5.41) is 7.81. The van der Waals surface area contributed by atoms with E-state index in [2.05, 4.69) is 22.2 Å². The number of rotatable bonds is 3. The van der Waals surface area contributed by atoms with Gasteiger partial charge in [0.15, 0.2) is 0 Å². The van der Waals surface area contributed by atoms with Crippen LogP contribution in [0.3, 0.4) is 0 Å². The molecule has 0 aliphatic heterocycles. The zero-order valence-electron chi connectivity index (χ0n) is 11.1. The topological polar surface area (TPSA) is 66.0 Å². The van der Waals surface area contributed by atoms with Crippen LogP contribution in [0.15, 0.2) is 24.4 Å². The van der Waals surface area contributed by atoms with E-state index in [1.807, 2.05) is 38.4 Å². The molecule has 0 amide bonds. The van der Waals surface area contributed by atoms with Gasteiger partial charge in [0.1, 0.15) is 18.1 Å². The molecule has 5 heteroatoms. The second-order valence-corrected chi connectivity index (χ2v) is 4.15. The summed E-state index contributed by atoms with van der Waals surface area (Å²) in [6.07, 6.45) is 1.83. The second kappa shape index (κ2) is 6.03. The first-order chi connectivity index (χ1) is 9.19. The Hall–Kier alpha value is -2.32. The van der Waals surface area contributed by atoms with Gasteiger partial charge in [0, 0.05) is 12.6 Å². The zero-order chi connectivity index (χ0) is 13.7. The number of aromatic nitrogens is 3. The summed E-state index contributed by atoms with van der Waals surface area (Å²) in [6.45, 7) is 2.77. The molecule has 0 fully saturated rings. The number of nitrogens with zero attached hydrogens (tertiary/aromatic N) is 3. The number of nitrogens with two attached hydrogens (primary N) is 1. The minimum atomic E-state index is 0.365. The molecular formula is C14H16N4O. The van der Waals surface area contributed by atoms with Crippen LogP contribution in [0.5, 0.6) is 5.75 Å². The molecule has 0 saturated heterocycles. The fourth-order valence-corrected chi connectivity index (χ4v) is 1.63. The molecule has 98 valence electrons. The van der Waals surface area contributed by atoms with E-state index >= 15 is 0 Å². The first kappa shape index (κ1) is 13.1. The summed E-state index contributed by atoms with van der Waals surface area (Å²) in [6, 6.07) is 5.78. The van der Waals surface area contributed by atoms with Gasteiger partial charge >= 0.3 is 0 Å². The quantitative estimate of drug-likeness (QED) is 0.832. The molecule has 0 radical (unpaired) electrons. The van der Waals surface area contributed by atoms with Gasteiger partial charge in [0.25, 0.3) is 0 Å².